The van der Waals surface area contributed by atoms with Gasteiger partial charge in [-0.25, -0.2) is 8.78 Å². The fraction of sp³-hybridized carbons (Fsp3) is 0.538. The summed E-state index contributed by atoms with van der Waals surface area (Å²) in [6.07, 6.45) is -0.787. The third-order valence-electron chi connectivity index (χ3n) is 2.80. The molecule has 0 bridgehead atoms. The Labute approximate surface area is 106 Å². The Balaban J connectivity index is 2.41. The molecule has 3 nitrogen and oxygen atoms in total. The van der Waals surface area contributed by atoms with Crippen molar-refractivity contribution in [3.63, 3.8) is 0 Å². The molecule has 0 radical (unpaired) electrons. The van der Waals surface area contributed by atoms with Crippen molar-refractivity contribution in [3.8, 4) is 0 Å². The lowest BCUT2D eigenvalue weighted by molar-refractivity contribution is -0.0286. The molecule has 1 rings (SSSR count). The second-order valence-electron chi connectivity index (χ2n) is 4.23. The summed E-state index contributed by atoms with van der Waals surface area (Å²) in [5, 5.41) is 11.5. The highest BCUT2D eigenvalue weighted by Crippen LogP contribution is 2.22. The lowest BCUT2D eigenvalue weighted by atomic mass is 10.1. The van der Waals surface area contributed by atoms with Gasteiger partial charge in [-0.1, -0.05) is 30.3 Å². The molecule has 5 heteroatoms. The first-order valence-corrected chi connectivity index (χ1v) is 6.06. The van der Waals surface area contributed by atoms with Crippen molar-refractivity contribution in [3.05, 3.63) is 35.9 Å². The van der Waals surface area contributed by atoms with Crippen LogP contribution in [0.3, 0.4) is 0 Å². The van der Waals surface area contributed by atoms with Gasteiger partial charge in [0.05, 0.1) is 0 Å². The number of nitrogens with two attached hydrogens (primary N) is 1. The highest BCUT2D eigenvalue weighted by atomic mass is 19.3. The number of aliphatic hydroxyl groups is 1. The predicted molar refractivity (Wildman–Crippen MR) is 67.5 cm³/mol. The maximum atomic E-state index is 13.1. The minimum absolute atomic E-state index is 0.115. The van der Waals surface area contributed by atoms with Gasteiger partial charge in [-0.15, -0.1) is 0 Å². The molecule has 0 aromatic heterocycles. The normalized spacial score (nSPS) is 13.6. The summed E-state index contributed by atoms with van der Waals surface area (Å²) in [7, 11) is 0. The molecule has 0 amide bonds. The van der Waals surface area contributed by atoms with E-state index in [9.17, 15) is 8.78 Å². The number of alkyl halides is 2. The van der Waals surface area contributed by atoms with E-state index in [-0.39, 0.29) is 19.0 Å². The van der Waals surface area contributed by atoms with Crippen LogP contribution in [0.2, 0.25) is 0 Å². The second-order valence-corrected chi connectivity index (χ2v) is 4.23. The third-order valence-corrected chi connectivity index (χ3v) is 2.80. The number of rotatable bonds is 8. The van der Waals surface area contributed by atoms with Gasteiger partial charge in [-0.3, -0.25) is 0 Å². The van der Waals surface area contributed by atoms with Crippen LogP contribution in [-0.4, -0.2) is 30.7 Å². The minimum atomic E-state index is -2.82. The highest BCUT2D eigenvalue weighted by Gasteiger charge is 2.27. The van der Waals surface area contributed by atoms with Gasteiger partial charge in [0.1, 0.15) is 0 Å². The van der Waals surface area contributed by atoms with Crippen LogP contribution in [0.25, 0.3) is 0 Å². The van der Waals surface area contributed by atoms with E-state index >= 15 is 0 Å². The van der Waals surface area contributed by atoms with Crippen LogP contribution in [0.4, 0.5) is 8.78 Å². The molecular weight excluding hydrogens is 238 g/mol. The molecule has 0 saturated heterocycles. The highest BCUT2D eigenvalue weighted by molar-refractivity contribution is 5.19. The summed E-state index contributed by atoms with van der Waals surface area (Å²) in [6, 6.07) is 9.38. The van der Waals surface area contributed by atoms with Crippen molar-refractivity contribution < 1.29 is 13.9 Å². The van der Waals surface area contributed by atoms with Gasteiger partial charge in [-0.05, 0) is 5.56 Å². The molecule has 0 aliphatic carbocycles. The third kappa shape index (κ3) is 5.08. The molecule has 0 heterocycles. The van der Waals surface area contributed by atoms with Crippen molar-refractivity contribution in [1.29, 1.82) is 0 Å². The molecule has 4 N–H and O–H groups in total. The van der Waals surface area contributed by atoms with E-state index in [1.165, 1.54) is 0 Å². The second kappa shape index (κ2) is 7.41. The first kappa shape index (κ1) is 15.0. The van der Waals surface area contributed by atoms with Crippen LogP contribution in [0.5, 0.6) is 0 Å². The van der Waals surface area contributed by atoms with Crippen molar-refractivity contribution >= 4 is 0 Å². The quantitative estimate of drug-likeness (QED) is 0.665. The zero-order valence-electron chi connectivity index (χ0n) is 10.3. The standard InChI is InChI=1S/C13H20F2N2O/c14-13(15,7-9-18)6-8-17-12(10-16)11-4-2-1-3-5-11/h1-5,12,17-18H,6-10,16H2. The first-order chi connectivity index (χ1) is 8.59. The molecular formula is C13H20F2N2O. The van der Waals surface area contributed by atoms with E-state index < -0.39 is 19.0 Å². The number of halogens is 2. The van der Waals surface area contributed by atoms with Crippen LogP contribution in [0.1, 0.15) is 24.4 Å². The summed E-state index contributed by atoms with van der Waals surface area (Å²) in [6.45, 7) is 0.0331. The molecule has 0 saturated carbocycles. The van der Waals surface area contributed by atoms with Crippen LogP contribution in [0, 0.1) is 0 Å². The van der Waals surface area contributed by atoms with Gasteiger partial charge >= 0.3 is 0 Å². The zero-order valence-corrected chi connectivity index (χ0v) is 10.3. The van der Waals surface area contributed by atoms with E-state index in [2.05, 4.69) is 5.32 Å². The zero-order chi connectivity index (χ0) is 13.4. The Morgan fingerprint density at radius 3 is 2.44 bits per heavy atom. The maximum absolute atomic E-state index is 13.1. The van der Waals surface area contributed by atoms with E-state index in [4.69, 9.17) is 10.8 Å². The summed E-state index contributed by atoms with van der Waals surface area (Å²) < 4.78 is 26.3. The number of hydrogen-bond acceptors (Lipinski definition) is 3. The van der Waals surface area contributed by atoms with Crippen LogP contribution in [0.15, 0.2) is 30.3 Å². The van der Waals surface area contributed by atoms with Crippen LogP contribution < -0.4 is 11.1 Å². The topological polar surface area (TPSA) is 58.3 Å². The Bertz CT molecular complexity index is 333. The minimum Gasteiger partial charge on any atom is -0.396 e. The maximum Gasteiger partial charge on any atom is 0.251 e. The van der Waals surface area contributed by atoms with Crippen molar-refractivity contribution in [2.24, 2.45) is 5.73 Å². The van der Waals surface area contributed by atoms with Crippen molar-refractivity contribution in [1.82, 2.24) is 5.32 Å². The molecule has 1 atom stereocenters. The van der Waals surface area contributed by atoms with Gasteiger partial charge in [0, 0.05) is 38.6 Å². The van der Waals surface area contributed by atoms with Crippen molar-refractivity contribution in [2.45, 2.75) is 24.8 Å². The van der Waals surface area contributed by atoms with Gasteiger partial charge < -0.3 is 16.2 Å². The lowest BCUT2D eigenvalue weighted by Gasteiger charge is -2.20. The van der Waals surface area contributed by atoms with E-state index in [1.807, 2.05) is 30.3 Å². The molecule has 0 aliphatic heterocycles. The Morgan fingerprint density at radius 2 is 1.89 bits per heavy atom. The van der Waals surface area contributed by atoms with Crippen molar-refractivity contribution in [2.75, 3.05) is 19.7 Å². The molecule has 1 aromatic carbocycles. The Hall–Kier alpha value is -1.04. The number of hydrogen-bond donors (Lipinski definition) is 3. The molecule has 0 fully saturated rings. The summed E-state index contributed by atoms with van der Waals surface area (Å²) in [5.74, 6) is -2.82. The van der Waals surface area contributed by atoms with Gasteiger partial charge in [0.2, 0.25) is 0 Å². The molecule has 102 valence electrons. The van der Waals surface area contributed by atoms with E-state index in [1.54, 1.807) is 0 Å². The largest absolute Gasteiger partial charge is 0.396 e. The SMILES string of the molecule is NCC(NCCC(F)(F)CCO)c1ccccc1. The van der Waals surface area contributed by atoms with E-state index in [0.717, 1.165) is 5.56 Å². The molecule has 1 aromatic rings. The average Bonchev–Trinajstić information content (AvgIpc) is 2.35. The monoisotopic (exact) mass is 258 g/mol. The summed E-state index contributed by atoms with van der Waals surface area (Å²) >= 11 is 0. The predicted octanol–water partition coefficient (Wildman–Crippen LogP) is 1.68. The van der Waals surface area contributed by atoms with Gasteiger partial charge in [-0.2, -0.15) is 0 Å². The molecule has 1 unspecified atom stereocenters. The van der Waals surface area contributed by atoms with Crippen LogP contribution >= 0.6 is 0 Å². The fourth-order valence-electron chi connectivity index (χ4n) is 1.74. The fourth-order valence-corrected chi connectivity index (χ4v) is 1.74. The number of nitrogens with one attached hydrogen (secondary N) is 1. The number of benzene rings is 1. The first-order valence-electron chi connectivity index (χ1n) is 6.06. The Kier molecular flexibility index (Phi) is 6.18. The molecule has 18 heavy (non-hydrogen) atoms. The Morgan fingerprint density at radius 1 is 1.22 bits per heavy atom. The summed E-state index contributed by atoms with van der Waals surface area (Å²) in [5.41, 5.74) is 6.61. The smallest absolute Gasteiger partial charge is 0.251 e. The average molecular weight is 258 g/mol. The molecule has 0 spiro atoms. The summed E-state index contributed by atoms with van der Waals surface area (Å²) in [4.78, 5) is 0. The van der Waals surface area contributed by atoms with Crippen LogP contribution in [-0.2, 0) is 0 Å². The van der Waals surface area contributed by atoms with Gasteiger partial charge in [0.25, 0.3) is 5.92 Å². The lowest BCUT2D eigenvalue weighted by Crippen LogP contribution is -2.32. The number of aliphatic hydroxyl groups excluding tert-OH is 1. The van der Waals surface area contributed by atoms with Gasteiger partial charge in [0.15, 0.2) is 0 Å². The van der Waals surface area contributed by atoms with E-state index in [0.29, 0.717) is 6.54 Å². The molecule has 0 aliphatic rings.